The Morgan fingerprint density at radius 3 is 2.76 bits per heavy atom. The lowest BCUT2D eigenvalue weighted by Crippen LogP contribution is -1.96. The Kier molecular flexibility index (Phi) is 2.76. The van der Waals surface area contributed by atoms with Crippen LogP contribution in [0.1, 0.15) is 0 Å². The third-order valence-electron chi connectivity index (χ3n) is 2.39. The molecule has 17 heavy (non-hydrogen) atoms. The van der Waals surface area contributed by atoms with Crippen LogP contribution < -0.4 is 5.43 Å². The summed E-state index contributed by atoms with van der Waals surface area (Å²) in [6.45, 7) is 0. The molecule has 82 valence electrons. The maximum Gasteiger partial charge on any atom is 0.237 e. The topological polar surface area (TPSA) is 76.9 Å². The number of nitrogens with zero attached hydrogens (tertiary/aromatic N) is 4. The Morgan fingerprint density at radius 2 is 2.06 bits per heavy atom. The molecule has 0 radical (unpaired) electrons. The summed E-state index contributed by atoms with van der Waals surface area (Å²) in [5.74, 6) is 0. The lowest BCUT2D eigenvalue weighted by Gasteiger charge is -2.01. The number of aromatic nitrogens is 1. The molecule has 0 atom stereocenters. The highest BCUT2D eigenvalue weighted by Gasteiger charge is 1.99. The number of rotatable bonds is 2. The summed E-state index contributed by atoms with van der Waals surface area (Å²) >= 11 is 0. The largest absolute Gasteiger partial charge is 0.351 e. The molecule has 0 saturated heterocycles. The lowest BCUT2D eigenvalue weighted by atomic mass is 10.2. The zero-order valence-electron chi connectivity index (χ0n) is 9.18. The third-order valence-corrected chi connectivity index (χ3v) is 2.39. The zero-order valence-corrected chi connectivity index (χ0v) is 9.18. The van der Waals surface area contributed by atoms with Gasteiger partial charge in [-0.2, -0.15) is 15.6 Å². The van der Waals surface area contributed by atoms with E-state index >= 15 is 0 Å². The van der Waals surface area contributed by atoms with Gasteiger partial charge in [-0.3, -0.25) is 5.43 Å². The van der Waals surface area contributed by atoms with Gasteiger partial charge in [0.1, 0.15) is 12.1 Å². The van der Waals surface area contributed by atoms with Crippen molar-refractivity contribution in [1.29, 1.82) is 10.5 Å². The Hall–Kier alpha value is -2.79. The van der Waals surface area contributed by atoms with Crippen LogP contribution in [0.25, 0.3) is 10.9 Å². The van der Waals surface area contributed by atoms with Gasteiger partial charge in [0, 0.05) is 24.1 Å². The first-order chi connectivity index (χ1) is 8.24. The maximum atomic E-state index is 8.53. The minimum atomic E-state index is -0.196. The van der Waals surface area contributed by atoms with E-state index < -0.39 is 0 Å². The summed E-state index contributed by atoms with van der Waals surface area (Å²) in [6, 6.07) is 11.1. The minimum Gasteiger partial charge on any atom is -0.351 e. The highest BCUT2D eigenvalue weighted by molar-refractivity contribution is 6.10. The molecule has 0 unspecified atom stereocenters. The smallest absolute Gasteiger partial charge is 0.237 e. The first-order valence-electron chi connectivity index (χ1n) is 4.93. The fourth-order valence-corrected chi connectivity index (χ4v) is 1.55. The monoisotopic (exact) mass is 223 g/mol. The summed E-state index contributed by atoms with van der Waals surface area (Å²) < 4.78 is 2.01. The molecule has 0 amide bonds. The van der Waals surface area contributed by atoms with Crippen molar-refractivity contribution in [3.05, 3.63) is 30.5 Å². The number of anilines is 1. The Labute approximate surface area is 98.2 Å². The van der Waals surface area contributed by atoms with Crippen molar-refractivity contribution in [3.63, 3.8) is 0 Å². The summed E-state index contributed by atoms with van der Waals surface area (Å²) in [5.41, 5.74) is 4.34. The van der Waals surface area contributed by atoms with Gasteiger partial charge in [0.05, 0.1) is 5.69 Å². The van der Waals surface area contributed by atoms with Crippen molar-refractivity contribution >= 4 is 22.3 Å². The number of hydrogen-bond donors (Lipinski definition) is 1. The predicted molar refractivity (Wildman–Crippen MR) is 65.2 cm³/mol. The first-order valence-corrected chi connectivity index (χ1v) is 4.93. The van der Waals surface area contributed by atoms with Gasteiger partial charge in [-0.15, -0.1) is 0 Å². The average Bonchev–Trinajstić information content (AvgIpc) is 2.72. The van der Waals surface area contributed by atoms with Crippen LogP contribution in [-0.2, 0) is 7.05 Å². The van der Waals surface area contributed by atoms with Crippen molar-refractivity contribution in [2.24, 2.45) is 12.1 Å². The molecule has 1 heterocycles. The number of nitrogens with one attached hydrogen (secondary N) is 1. The molecule has 5 nitrogen and oxygen atoms in total. The maximum absolute atomic E-state index is 8.53. The van der Waals surface area contributed by atoms with E-state index in [9.17, 15) is 0 Å². The normalized spacial score (nSPS) is 9.35. The van der Waals surface area contributed by atoms with Crippen molar-refractivity contribution in [2.75, 3.05) is 5.43 Å². The lowest BCUT2D eigenvalue weighted by molar-refractivity contribution is 0.969. The highest BCUT2D eigenvalue weighted by Crippen LogP contribution is 2.19. The van der Waals surface area contributed by atoms with Crippen molar-refractivity contribution in [3.8, 4) is 12.1 Å². The number of hydrogen-bond acceptors (Lipinski definition) is 4. The molecule has 0 aliphatic rings. The van der Waals surface area contributed by atoms with Crippen LogP contribution in [0.5, 0.6) is 0 Å². The Balaban J connectivity index is 2.30. The number of aryl methyl sites for hydroxylation is 1. The second-order valence-corrected chi connectivity index (χ2v) is 3.50. The van der Waals surface area contributed by atoms with Crippen LogP contribution >= 0.6 is 0 Å². The van der Waals surface area contributed by atoms with Crippen molar-refractivity contribution in [1.82, 2.24) is 4.57 Å². The molecule has 1 aromatic heterocycles. The summed E-state index contributed by atoms with van der Waals surface area (Å²) in [6.07, 6.45) is 1.97. The number of benzene rings is 1. The molecular weight excluding hydrogens is 214 g/mol. The van der Waals surface area contributed by atoms with Crippen LogP contribution in [0.3, 0.4) is 0 Å². The Bertz CT molecular complexity index is 650. The van der Waals surface area contributed by atoms with E-state index in [1.807, 2.05) is 42.1 Å². The molecule has 2 rings (SSSR count). The molecule has 5 heteroatoms. The minimum absolute atomic E-state index is 0.196. The fraction of sp³-hybridized carbons (Fsp3) is 0.0833. The van der Waals surface area contributed by atoms with E-state index in [1.54, 1.807) is 12.1 Å². The molecule has 0 bridgehead atoms. The van der Waals surface area contributed by atoms with Crippen LogP contribution in [0.15, 0.2) is 35.6 Å². The van der Waals surface area contributed by atoms with Gasteiger partial charge in [-0.05, 0) is 24.3 Å². The zero-order chi connectivity index (χ0) is 12.3. The van der Waals surface area contributed by atoms with E-state index in [1.165, 1.54) is 0 Å². The van der Waals surface area contributed by atoms with Crippen LogP contribution in [0.2, 0.25) is 0 Å². The fourth-order valence-electron chi connectivity index (χ4n) is 1.55. The quantitative estimate of drug-likeness (QED) is 0.624. The van der Waals surface area contributed by atoms with E-state index in [0.717, 1.165) is 16.6 Å². The molecule has 1 N–H and O–H groups in total. The van der Waals surface area contributed by atoms with Crippen LogP contribution in [-0.4, -0.2) is 10.3 Å². The second-order valence-electron chi connectivity index (χ2n) is 3.50. The van der Waals surface area contributed by atoms with E-state index in [-0.39, 0.29) is 5.71 Å². The standard InChI is InChI=1S/C12H9N5/c1-17-5-4-9-6-10(2-3-12(9)17)15-16-11(7-13)8-14/h2-6,15H,1H3. The van der Waals surface area contributed by atoms with Gasteiger partial charge in [-0.1, -0.05) is 0 Å². The third kappa shape index (κ3) is 2.09. The average molecular weight is 223 g/mol. The van der Waals surface area contributed by atoms with Crippen LogP contribution in [0.4, 0.5) is 5.69 Å². The van der Waals surface area contributed by atoms with Crippen molar-refractivity contribution in [2.45, 2.75) is 0 Å². The molecule has 0 fully saturated rings. The predicted octanol–water partition coefficient (Wildman–Crippen LogP) is 1.99. The molecule has 2 aromatic rings. The van der Waals surface area contributed by atoms with E-state index in [0.29, 0.717) is 0 Å². The number of hydrazone groups is 1. The Morgan fingerprint density at radius 1 is 1.29 bits per heavy atom. The summed E-state index contributed by atoms with van der Waals surface area (Å²) in [7, 11) is 1.97. The van der Waals surface area contributed by atoms with Gasteiger partial charge >= 0.3 is 0 Å². The summed E-state index contributed by atoms with van der Waals surface area (Å²) in [5, 5.41) is 21.8. The van der Waals surface area contributed by atoms with E-state index in [4.69, 9.17) is 10.5 Å². The summed E-state index contributed by atoms with van der Waals surface area (Å²) in [4.78, 5) is 0. The molecule has 1 aromatic carbocycles. The first kappa shape index (κ1) is 10.7. The molecule has 0 spiro atoms. The molecular formula is C12H9N5. The number of fused-ring (bicyclic) bond motifs is 1. The second kappa shape index (κ2) is 4.38. The molecule has 0 aliphatic carbocycles. The van der Waals surface area contributed by atoms with Gasteiger partial charge in [0.25, 0.3) is 0 Å². The number of nitriles is 2. The van der Waals surface area contributed by atoms with Gasteiger partial charge in [0.15, 0.2) is 0 Å². The highest BCUT2D eigenvalue weighted by atomic mass is 15.3. The van der Waals surface area contributed by atoms with Gasteiger partial charge in [0.2, 0.25) is 5.71 Å². The van der Waals surface area contributed by atoms with Crippen LogP contribution in [0, 0.1) is 22.7 Å². The van der Waals surface area contributed by atoms with Gasteiger partial charge in [-0.25, -0.2) is 0 Å². The van der Waals surface area contributed by atoms with E-state index in [2.05, 4.69) is 10.5 Å². The van der Waals surface area contributed by atoms with Gasteiger partial charge < -0.3 is 4.57 Å². The SMILES string of the molecule is Cn1ccc2cc(NN=C(C#N)C#N)ccc21. The molecule has 0 saturated carbocycles. The molecule has 0 aliphatic heterocycles. The van der Waals surface area contributed by atoms with Crippen molar-refractivity contribution < 1.29 is 0 Å².